The molecule has 2 aromatic heterocycles. The summed E-state index contributed by atoms with van der Waals surface area (Å²) >= 11 is 3.39. The molecule has 1 amide bonds. The molecular weight excluding hydrogens is 442 g/mol. The number of carbonyl (C=O) groups is 1. The molecule has 0 aliphatic rings. The predicted octanol–water partition coefficient (Wildman–Crippen LogP) is 4.19. The van der Waals surface area contributed by atoms with E-state index in [0.29, 0.717) is 28.5 Å². The third kappa shape index (κ3) is 3.95. The van der Waals surface area contributed by atoms with Crippen molar-refractivity contribution >= 4 is 32.8 Å². The summed E-state index contributed by atoms with van der Waals surface area (Å²) in [6.07, 6.45) is 0. The second kappa shape index (κ2) is 7.96. The molecule has 0 fully saturated rings. The van der Waals surface area contributed by atoms with E-state index in [1.165, 1.54) is 0 Å². The first kappa shape index (κ1) is 19.0. The summed E-state index contributed by atoms with van der Waals surface area (Å²) in [6.45, 7) is 0.0693. The van der Waals surface area contributed by atoms with E-state index in [9.17, 15) is 4.79 Å². The minimum absolute atomic E-state index is 0.0693. The van der Waals surface area contributed by atoms with Crippen molar-refractivity contribution in [3.63, 3.8) is 0 Å². The number of fused-ring (bicyclic) bond motifs is 1. The number of nitrogens with zero attached hydrogens (tertiary/aromatic N) is 2. The topological polar surface area (TPSA) is 99.6 Å². The highest BCUT2D eigenvalue weighted by molar-refractivity contribution is 9.10. The van der Waals surface area contributed by atoms with Gasteiger partial charge in [0.25, 0.3) is 5.91 Å². The Morgan fingerprint density at radius 1 is 1.10 bits per heavy atom. The summed E-state index contributed by atoms with van der Waals surface area (Å²) in [6, 6.07) is 12.5. The molecule has 0 spiro atoms. The van der Waals surface area contributed by atoms with Gasteiger partial charge >= 0.3 is 0 Å². The Morgan fingerprint density at radius 3 is 2.72 bits per heavy atom. The van der Waals surface area contributed by atoms with Gasteiger partial charge in [-0.3, -0.25) is 4.79 Å². The van der Waals surface area contributed by atoms with Crippen molar-refractivity contribution in [1.82, 2.24) is 15.5 Å². The second-order valence-electron chi connectivity index (χ2n) is 6.06. The van der Waals surface area contributed by atoms with Gasteiger partial charge in [-0.1, -0.05) is 21.1 Å². The van der Waals surface area contributed by atoms with Crippen molar-refractivity contribution in [2.24, 2.45) is 0 Å². The van der Waals surface area contributed by atoms with Crippen molar-refractivity contribution in [2.75, 3.05) is 14.2 Å². The maximum atomic E-state index is 12.4. The number of carbonyl (C=O) groups excluding carboxylic acids is 1. The zero-order valence-corrected chi connectivity index (χ0v) is 17.1. The lowest BCUT2D eigenvalue weighted by Crippen LogP contribution is -2.22. The van der Waals surface area contributed by atoms with Gasteiger partial charge in [0, 0.05) is 15.4 Å². The molecule has 0 bridgehead atoms. The Kier molecular flexibility index (Phi) is 5.22. The molecule has 2 heterocycles. The number of nitrogens with one attached hydrogen (secondary N) is 1. The SMILES string of the molecule is COc1ccc(-c2noc(CNC(=O)c3cc4cc(Br)ccc4o3)n2)cc1OC. The Morgan fingerprint density at radius 2 is 1.93 bits per heavy atom. The van der Waals surface area contributed by atoms with Gasteiger partial charge in [-0.25, -0.2) is 0 Å². The van der Waals surface area contributed by atoms with Gasteiger partial charge in [-0.05, 0) is 42.5 Å². The predicted molar refractivity (Wildman–Crippen MR) is 108 cm³/mol. The molecule has 148 valence electrons. The van der Waals surface area contributed by atoms with Crippen molar-refractivity contribution in [3.8, 4) is 22.9 Å². The fourth-order valence-electron chi connectivity index (χ4n) is 2.79. The van der Waals surface area contributed by atoms with Crippen LogP contribution in [0.15, 0.2) is 55.9 Å². The van der Waals surface area contributed by atoms with Gasteiger partial charge in [0.05, 0.1) is 20.8 Å². The molecule has 0 saturated carbocycles. The van der Waals surface area contributed by atoms with E-state index in [4.69, 9.17) is 18.4 Å². The first-order valence-corrected chi connectivity index (χ1v) is 9.39. The molecule has 4 rings (SSSR count). The maximum absolute atomic E-state index is 12.4. The fourth-order valence-corrected chi connectivity index (χ4v) is 3.17. The Balaban J connectivity index is 1.45. The smallest absolute Gasteiger partial charge is 0.287 e. The van der Waals surface area contributed by atoms with Gasteiger partial charge in [-0.2, -0.15) is 4.98 Å². The summed E-state index contributed by atoms with van der Waals surface area (Å²) in [4.78, 5) is 16.7. The Hall–Kier alpha value is -3.33. The van der Waals surface area contributed by atoms with Crippen LogP contribution in [-0.4, -0.2) is 30.3 Å². The molecule has 0 aliphatic carbocycles. The highest BCUT2D eigenvalue weighted by atomic mass is 79.9. The zero-order chi connectivity index (χ0) is 20.4. The van der Waals surface area contributed by atoms with E-state index in [-0.39, 0.29) is 24.1 Å². The highest BCUT2D eigenvalue weighted by Crippen LogP contribution is 2.31. The van der Waals surface area contributed by atoms with Crippen LogP contribution in [0.2, 0.25) is 0 Å². The van der Waals surface area contributed by atoms with E-state index in [1.54, 1.807) is 44.6 Å². The van der Waals surface area contributed by atoms with Crippen LogP contribution in [0.1, 0.15) is 16.4 Å². The van der Waals surface area contributed by atoms with Crippen LogP contribution in [0, 0.1) is 0 Å². The fraction of sp³-hybridized carbons (Fsp3) is 0.150. The van der Waals surface area contributed by atoms with Gasteiger partial charge < -0.3 is 23.7 Å². The third-order valence-electron chi connectivity index (χ3n) is 4.21. The van der Waals surface area contributed by atoms with Crippen LogP contribution in [0.4, 0.5) is 0 Å². The number of furan rings is 1. The number of ether oxygens (including phenoxy) is 2. The van der Waals surface area contributed by atoms with Crippen LogP contribution in [0.25, 0.3) is 22.4 Å². The molecule has 8 nitrogen and oxygen atoms in total. The van der Waals surface area contributed by atoms with E-state index in [2.05, 4.69) is 31.4 Å². The largest absolute Gasteiger partial charge is 0.493 e. The number of amides is 1. The van der Waals surface area contributed by atoms with Gasteiger partial charge in [0.2, 0.25) is 11.7 Å². The molecule has 0 atom stereocenters. The van der Waals surface area contributed by atoms with Gasteiger partial charge in [0.1, 0.15) is 5.58 Å². The van der Waals surface area contributed by atoms with Crippen LogP contribution in [-0.2, 0) is 6.54 Å². The first-order valence-electron chi connectivity index (χ1n) is 8.59. The molecule has 2 aromatic carbocycles. The van der Waals surface area contributed by atoms with E-state index < -0.39 is 0 Å². The number of methoxy groups -OCH3 is 2. The molecular formula is C20H16BrN3O5. The summed E-state index contributed by atoms with van der Waals surface area (Å²) in [5.41, 5.74) is 1.33. The molecule has 1 N–H and O–H groups in total. The summed E-state index contributed by atoms with van der Waals surface area (Å²) in [5.74, 6) is 1.64. The van der Waals surface area contributed by atoms with E-state index in [0.717, 1.165) is 9.86 Å². The summed E-state index contributed by atoms with van der Waals surface area (Å²) in [7, 11) is 3.11. The second-order valence-corrected chi connectivity index (χ2v) is 6.97. The van der Waals surface area contributed by atoms with Crippen LogP contribution in [0.3, 0.4) is 0 Å². The maximum Gasteiger partial charge on any atom is 0.287 e. The monoisotopic (exact) mass is 457 g/mol. The van der Waals surface area contributed by atoms with Gasteiger partial charge in [0.15, 0.2) is 17.3 Å². The Bertz CT molecular complexity index is 1180. The number of hydrogen-bond donors (Lipinski definition) is 1. The molecule has 29 heavy (non-hydrogen) atoms. The minimum Gasteiger partial charge on any atom is -0.493 e. The lowest BCUT2D eigenvalue weighted by molar-refractivity contribution is 0.0920. The quantitative estimate of drug-likeness (QED) is 0.463. The first-order chi connectivity index (χ1) is 14.1. The van der Waals surface area contributed by atoms with Crippen molar-refractivity contribution in [2.45, 2.75) is 6.54 Å². The third-order valence-corrected chi connectivity index (χ3v) is 4.71. The molecule has 4 aromatic rings. The standard InChI is InChI=1S/C20H16BrN3O5/c1-26-15-5-3-11(8-16(15)27-2)19-23-18(29-24-19)10-22-20(25)17-9-12-7-13(21)4-6-14(12)28-17/h3-9H,10H2,1-2H3,(H,22,25). The summed E-state index contributed by atoms with van der Waals surface area (Å²) in [5, 5.41) is 7.49. The Labute approximate surface area is 173 Å². The lowest BCUT2D eigenvalue weighted by Gasteiger charge is -2.07. The molecule has 0 aliphatic heterocycles. The highest BCUT2D eigenvalue weighted by Gasteiger charge is 2.15. The number of benzene rings is 2. The zero-order valence-electron chi connectivity index (χ0n) is 15.6. The number of rotatable bonds is 6. The minimum atomic E-state index is -0.372. The number of hydrogen-bond acceptors (Lipinski definition) is 7. The lowest BCUT2D eigenvalue weighted by atomic mass is 10.2. The average molecular weight is 458 g/mol. The normalized spacial score (nSPS) is 10.9. The molecule has 0 radical (unpaired) electrons. The van der Waals surface area contributed by atoms with Crippen molar-refractivity contribution in [1.29, 1.82) is 0 Å². The molecule has 0 unspecified atom stereocenters. The average Bonchev–Trinajstić information content (AvgIpc) is 3.38. The van der Waals surface area contributed by atoms with E-state index >= 15 is 0 Å². The molecule has 0 saturated heterocycles. The van der Waals surface area contributed by atoms with Crippen LogP contribution in [0.5, 0.6) is 11.5 Å². The number of aromatic nitrogens is 2. The van der Waals surface area contributed by atoms with Crippen molar-refractivity contribution < 1.29 is 23.2 Å². The van der Waals surface area contributed by atoms with Crippen LogP contribution < -0.4 is 14.8 Å². The number of halogens is 1. The molecule has 9 heteroatoms. The van der Waals surface area contributed by atoms with Gasteiger partial charge in [-0.15, -0.1) is 0 Å². The van der Waals surface area contributed by atoms with E-state index in [1.807, 2.05) is 12.1 Å². The summed E-state index contributed by atoms with van der Waals surface area (Å²) < 4.78 is 22.2. The van der Waals surface area contributed by atoms with Crippen LogP contribution >= 0.6 is 15.9 Å². The van der Waals surface area contributed by atoms with Crippen molar-refractivity contribution in [3.05, 3.63) is 58.6 Å².